The van der Waals surface area contributed by atoms with Crippen molar-refractivity contribution in [3.05, 3.63) is 85.2 Å². The van der Waals surface area contributed by atoms with Gasteiger partial charge in [0, 0.05) is 23.8 Å². The first kappa shape index (κ1) is 19.1. The molecule has 1 atom stereocenters. The van der Waals surface area contributed by atoms with Gasteiger partial charge in [0.15, 0.2) is 17.7 Å². The number of carbonyl (C=O) groups is 1. The van der Waals surface area contributed by atoms with Gasteiger partial charge in [-0.15, -0.1) is 10.2 Å². The molecule has 0 radical (unpaired) electrons. The van der Waals surface area contributed by atoms with Crippen molar-refractivity contribution in [2.75, 3.05) is 10.6 Å². The predicted octanol–water partition coefficient (Wildman–Crippen LogP) is 3.81. The summed E-state index contributed by atoms with van der Waals surface area (Å²) < 4.78 is 7.28. The third-order valence-corrected chi connectivity index (χ3v) is 4.24. The number of hydrogen-bond acceptors (Lipinski definition) is 6. The molecule has 0 aliphatic heterocycles. The topological polar surface area (TPSA) is 94.0 Å². The number of amides is 1. The van der Waals surface area contributed by atoms with Gasteiger partial charge in [0.05, 0.1) is 0 Å². The number of carbonyl (C=O) groups excluding carboxylic acids is 1. The lowest BCUT2D eigenvalue weighted by atomic mass is 10.2. The lowest BCUT2D eigenvalue weighted by Crippen LogP contribution is -2.30. The molecule has 0 saturated heterocycles. The molecule has 0 unspecified atom stereocenters. The van der Waals surface area contributed by atoms with Gasteiger partial charge in [-0.2, -0.15) is 5.10 Å². The molecule has 2 N–H and O–H groups in total. The van der Waals surface area contributed by atoms with Crippen molar-refractivity contribution in [1.29, 1.82) is 0 Å². The summed E-state index contributed by atoms with van der Waals surface area (Å²) in [6, 6.07) is 22.0. The zero-order chi connectivity index (χ0) is 20.8. The highest BCUT2D eigenvalue weighted by Crippen LogP contribution is 2.18. The largest absolute Gasteiger partial charge is 0.481 e. The zero-order valence-electron chi connectivity index (χ0n) is 16.3. The first-order chi connectivity index (χ1) is 14.7. The average Bonchev–Trinajstić information content (AvgIpc) is 3.31. The Labute approximate surface area is 173 Å². The van der Waals surface area contributed by atoms with Crippen LogP contribution in [0.3, 0.4) is 0 Å². The molecule has 0 aliphatic carbocycles. The number of rotatable bonds is 7. The number of benzene rings is 2. The van der Waals surface area contributed by atoms with Crippen LogP contribution >= 0.6 is 0 Å². The molecular weight excluding hydrogens is 380 g/mol. The van der Waals surface area contributed by atoms with Gasteiger partial charge >= 0.3 is 0 Å². The van der Waals surface area contributed by atoms with Crippen LogP contribution in [-0.4, -0.2) is 32.0 Å². The van der Waals surface area contributed by atoms with Crippen LogP contribution in [0, 0.1) is 0 Å². The van der Waals surface area contributed by atoms with Gasteiger partial charge < -0.3 is 15.4 Å². The van der Waals surface area contributed by atoms with Crippen LogP contribution in [0.4, 0.5) is 17.2 Å². The summed E-state index contributed by atoms with van der Waals surface area (Å²) >= 11 is 0. The maximum absolute atomic E-state index is 12.3. The highest BCUT2D eigenvalue weighted by Gasteiger charge is 2.14. The Kier molecular flexibility index (Phi) is 5.66. The quantitative estimate of drug-likeness (QED) is 0.490. The number of ether oxygens (including phenoxy) is 1. The fraction of sp³-hybridized carbons (Fsp3) is 0.0909. The lowest BCUT2D eigenvalue weighted by Gasteiger charge is -2.15. The van der Waals surface area contributed by atoms with Gasteiger partial charge in [-0.1, -0.05) is 18.2 Å². The van der Waals surface area contributed by atoms with Crippen LogP contribution in [0.5, 0.6) is 5.75 Å². The maximum Gasteiger partial charge on any atom is 0.265 e. The van der Waals surface area contributed by atoms with Gasteiger partial charge in [0.2, 0.25) is 0 Å². The third kappa shape index (κ3) is 4.79. The van der Waals surface area contributed by atoms with Crippen molar-refractivity contribution in [3.63, 3.8) is 0 Å². The second-order valence-corrected chi connectivity index (χ2v) is 6.49. The van der Waals surface area contributed by atoms with E-state index in [4.69, 9.17) is 4.74 Å². The van der Waals surface area contributed by atoms with E-state index in [9.17, 15) is 4.79 Å². The molecule has 0 spiro atoms. The summed E-state index contributed by atoms with van der Waals surface area (Å²) in [5.74, 6) is 1.67. The Balaban J connectivity index is 1.33. The van der Waals surface area contributed by atoms with Crippen molar-refractivity contribution in [2.45, 2.75) is 13.0 Å². The molecule has 30 heavy (non-hydrogen) atoms. The predicted molar refractivity (Wildman–Crippen MR) is 114 cm³/mol. The number of nitrogens with one attached hydrogen (secondary N) is 2. The first-order valence-electron chi connectivity index (χ1n) is 9.41. The van der Waals surface area contributed by atoms with E-state index in [1.54, 1.807) is 36.1 Å². The molecule has 150 valence electrons. The Morgan fingerprint density at radius 1 is 0.933 bits per heavy atom. The van der Waals surface area contributed by atoms with Crippen LogP contribution in [0.15, 0.2) is 85.2 Å². The molecular formula is C22H20N6O2. The van der Waals surface area contributed by atoms with E-state index in [2.05, 4.69) is 25.9 Å². The summed E-state index contributed by atoms with van der Waals surface area (Å²) in [5.41, 5.74) is 1.50. The van der Waals surface area contributed by atoms with Gasteiger partial charge in [0.25, 0.3) is 5.91 Å². The van der Waals surface area contributed by atoms with Crippen LogP contribution in [-0.2, 0) is 4.79 Å². The van der Waals surface area contributed by atoms with Crippen molar-refractivity contribution in [1.82, 2.24) is 20.0 Å². The molecule has 4 aromatic rings. The first-order valence-corrected chi connectivity index (χ1v) is 9.41. The zero-order valence-corrected chi connectivity index (χ0v) is 16.3. The minimum atomic E-state index is -0.617. The van der Waals surface area contributed by atoms with Crippen molar-refractivity contribution in [2.24, 2.45) is 0 Å². The third-order valence-electron chi connectivity index (χ3n) is 4.24. The second kappa shape index (κ2) is 8.87. The minimum Gasteiger partial charge on any atom is -0.481 e. The number of aromatic nitrogens is 4. The molecule has 0 fully saturated rings. The van der Waals surface area contributed by atoms with E-state index in [0.717, 1.165) is 5.69 Å². The number of nitrogens with zero attached hydrogens (tertiary/aromatic N) is 4. The maximum atomic E-state index is 12.3. The van der Waals surface area contributed by atoms with Crippen LogP contribution in [0.2, 0.25) is 0 Å². The highest BCUT2D eigenvalue weighted by atomic mass is 16.5. The molecule has 0 bridgehead atoms. The molecule has 1 amide bonds. The number of anilines is 3. The van der Waals surface area contributed by atoms with Gasteiger partial charge in [-0.05, 0) is 61.5 Å². The summed E-state index contributed by atoms with van der Waals surface area (Å²) in [6.45, 7) is 1.71. The average molecular weight is 400 g/mol. The smallest absolute Gasteiger partial charge is 0.265 e. The van der Waals surface area contributed by atoms with Gasteiger partial charge in [-0.25, -0.2) is 4.68 Å². The second-order valence-electron chi connectivity index (χ2n) is 6.49. The van der Waals surface area contributed by atoms with Crippen molar-refractivity contribution >= 4 is 23.1 Å². The number of para-hydroxylation sites is 1. The van der Waals surface area contributed by atoms with Crippen LogP contribution in [0.1, 0.15) is 6.92 Å². The van der Waals surface area contributed by atoms with E-state index in [1.165, 1.54) is 0 Å². The fourth-order valence-electron chi connectivity index (χ4n) is 2.70. The normalized spacial score (nSPS) is 11.5. The molecule has 0 saturated carbocycles. The molecule has 2 heterocycles. The summed E-state index contributed by atoms with van der Waals surface area (Å²) in [4.78, 5) is 12.3. The molecule has 2 aromatic heterocycles. The van der Waals surface area contributed by atoms with E-state index in [0.29, 0.717) is 23.1 Å². The van der Waals surface area contributed by atoms with Crippen molar-refractivity contribution in [3.8, 4) is 11.6 Å². The fourth-order valence-corrected chi connectivity index (χ4v) is 2.70. The molecule has 2 aromatic carbocycles. The molecule has 8 heteroatoms. The SMILES string of the molecule is C[C@H](Oc1ccccc1)C(=O)Nc1ccc(Nc2ccc(-n3cccn3)nn2)cc1. The Hall–Kier alpha value is -4.20. The highest BCUT2D eigenvalue weighted by molar-refractivity contribution is 5.94. The van der Waals surface area contributed by atoms with E-state index < -0.39 is 6.10 Å². The molecule has 8 nitrogen and oxygen atoms in total. The Bertz CT molecular complexity index is 1080. The number of hydrogen-bond donors (Lipinski definition) is 2. The Morgan fingerprint density at radius 3 is 2.37 bits per heavy atom. The van der Waals surface area contributed by atoms with Crippen molar-refractivity contribution < 1.29 is 9.53 Å². The van der Waals surface area contributed by atoms with E-state index in [-0.39, 0.29) is 5.91 Å². The van der Waals surface area contributed by atoms with Crippen LogP contribution < -0.4 is 15.4 Å². The van der Waals surface area contributed by atoms with Gasteiger partial charge in [-0.3, -0.25) is 4.79 Å². The Morgan fingerprint density at radius 2 is 1.70 bits per heavy atom. The van der Waals surface area contributed by atoms with Gasteiger partial charge in [0.1, 0.15) is 5.75 Å². The monoisotopic (exact) mass is 400 g/mol. The van der Waals surface area contributed by atoms with E-state index >= 15 is 0 Å². The summed E-state index contributed by atoms with van der Waals surface area (Å²) in [5, 5.41) is 18.4. The van der Waals surface area contributed by atoms with E-state index in [1.807, 2.05) is 60.7 Å². The molecule has 0 aliphatic rings. The summed E-state index contributed by atoms with van der Waals surface area (Å²) in [7, 11) is 0. The molecule has 4 rings (SSSR count). The minimum absolute atomic E-state index is 0.223. The van der Waals surface area contributed by atoms with Crippen LogP contribution in [0.25, 0.3) is 5.82 Å². The lowest BCUT2D eigenvalue weighted by molar-refractivity contribution is -0.122. The standard InChI is InChI=1S/C22H20N6O2/c1-16(30-19-6-3-2-4-7-19)22(29)25-18-10-8-17(9-11-18)24-20-12-13-21(27-26-20)28-15-5-14-23-28/h2-16H,1H3,(H,24,26)(H,25,29)/t16-/m0/s1. The summed E-state index contributed by atoms with van der Waals surface area (Å²) in [6.07, 6.45) is 2.87.